The van der Waals surface area contributed by atoms with Gasteiger partial charge in [0.1, 0.15) is 5.75 Å². The topological polar surface area (TPSA) is 35.2 Å². The van der Waals surface area contributed by atoms with Gasteiger partial charge in [-0.1, -0.05) is 23.8 Å². The first-order chi connectivity index (χ1) is 7.24. The molecule has 0 amide bonds. The highest BCUT2D eigenvalue weighted by molar-refractivity contribution is 5.89. The molecule has 2 aromatic carbocycles. The number of fused-ring (bicyclic) bond motifs is 1. The molecule has 0 bridgehead atoms. The zero-order valence-corrected chi connectivity index (χ0v) is 9.08. The van der Waals surface area contributed by atoms with E-state index in [0.29, 0.717) is 6.54 Å². The second-order valence-electron chi connectivity index (χ2n) is 3.73. The molecule has 2 heteroatoms. The molecular formula is C13H15NO. The zero-order valence-electron chi connectivity index (χ0n) is 9.08. The third-order valence-corrected chi connectivity index (χ3v) is 2.59. The molecule has 0 spiro atoms. The normalized spacial score (nSPS) is 10.6. The van der Waals surface area contributed by atoms with E-state index in [-0.39, 0.29) is 0 Å². The van der Waals surface area contributed by atoms with Crippen molar-refractivity contribution in [1.29, 1.82) is 0 Å². The Bertz CT molecular complexity index is 491. The lowest BCUT2D eigenvalue weighted by Gasteiger charge is -2.08. The molecule has 0 unspecified atom stereocenters. The number of benzene rings is 2. The first kappa shape index (κ1) is 9.99. The summed E-state index contributed by atoms with van der Waals surface area (Å²) in [4.78, 5) is 0. The average Bonchev–Trinajstić information content (AvgIpc) is 2.26. The molecule has 0 saturated carbocycles. The molecule has 15 heavy (non-hydrogen) atoms. The van der Waals surface area contributed by atoms with Crippen molar-refractivity contribution in [3.8, 4) is 5.75 Å². The number of aryl methyl sites for hydroxylation is 1. The highest BCUT2D eigenvalue weighted by atomic mass is 16.5. The monoisotopic (exact) mass is 201 g/mol. The van der Waals surface area contributed by atoms with Crippen LogP contribution in [0.25, 0.3) is 10.8 Å². The maximum atomic E-state index is 5.65. The minimum absolute atomic E-state index is 0.542. The lowest BCUT2D eigenvalue weighted by Crippen LogP contribution is -1.97. The summed E-state index contributed by atoms with van der Waals surface area (Å²) in [5.41, 5.74) is 8.00. The quantitative estimate of drug-likeness (QED) is 0.810. The van der Waals surface area contributed by atoms with Crippen molar-refractivity contribution in [1.82, 2.24) is 0 Å². The lowest BCUT2D eigenvalue weighted by atomic mass is 10.0. The standard InChI is InChI=1S/C13H15NO/c1-9-3-4-12-11(5-9)6-10(8-14)7-13(12)15-2/h3-7H,8,14H2,1-2H3. The van der Waals surface area contributed by atoms with Gasteiger partial charge in [-0.3, -0.25) is 0 Å². The number of nitrogens with two attached hydrogens (primary N) is 1. The van der Waals surface area contributed by atoms with E-state index in [0.717, 1.165) is 16.7 Å². The summed E-state index contributed by atoms with van der Waals surface area (Å²) in [5, 5.41) is 2.33. The molecule has 2 N–H and O–H groups in total. The van der Waals surface area contributed by atoms with Crippen LogP contribution < -0.4 is 10.5 Å². The van der Waals surface area contributed by atoms with Crippen LogP contribution >= 0.6 is 0 Å². The van der Waals surface area contributed by atoms with Crippen LogP contribution in [0.3, 0.4) is 0 Å². The van der Waals surface area contributed by atoms with Gasteiger partial charge in [-0.05, 0) is 30.0 Å². The molecule has 2 aromatic rings. The van der Waals surface area contributed by atoms with E-state index in [2.05, 4.69) is 31.2 Å². The smallest absolute Gasteiger partial charge is 0.127 e. The molecule has 0 aliphatic carbocycles. The minimum atomic E-state index is 0.542. The second-order valence-corrected chi connectivity index (χ2v) is 3.73. The SMILES string of the molecule is COc1cc(CN)cc2cc(C)ccc12. The zero-order chi connectivity index (χ0) is 10.8. The van der Waals surface area contributed by atoms with Crippen molar-refractivity contribution in [2.45, 2.75) is 13.5 Å². The number of ether oxygens (including phenoxy) is 1. The Hall–Kier alpha value is -1.54. The molecule has 0 fully saturated rings. The fraction of sp³-hybridized carbons (Fsp3) is 0.231. The van der Waals surface area contributed by atoms with E-state index < -0.39 is 0 Å². The van der Waals surface area contributed by atoms with Gasteiger partial charge in [-0.2, -0.15) is 0 Å². The van der Waals surface area contributed by atoms with E-state index in [4.69, 9.17) is 10.5 Å². The van der Waals surface area contributed by atoms with E-state index in [9.17, 15) is 0 Å². The summed E-state index contributed by atoms with van der Waals surface area (Å²) in [6, 6.07) is 10.4. The largest absolute Gasteiger partial charge is 0.496 e. The highest BCUT2D eigenvalue weighted by Gasteiger charge is 2.03. The molecule has 0 heterocycles. The molecular weight excluding hydrogens is 186 g/mol. The molecule has 0 aliphatic rings. The van der Waals surface area contributed by atoms with Gasteiger partial charge in [0.05, 0.1) is 7.11 Å². The van der Waals surface area contributed by atoms with E-state index >= 15 is 0 Å². The van der Waals surface area contributed by atoms with Crippen molar-refractivity contribution in [3.05, 3.63) is 41.5 Å². The van der Waals surface area contributed by atoms with Crippen molar-refractivity contribution in [2.24, 2.45) is 5.73 Å². The highest BCUT2D eigenvalue weighted by Crippen LogP contribution is 2.28. The number of hydrogen-bond acceptors (Lipinski definition) is 2. The minimum Gasteiger partial charge on any atom is -0.496 e. The van der Waals surface area contributed by atoms with Gasteiger partial charge < -0.3 is 10.5 Å². The Balaban J connectivity index is 2.74. The number of rotatable bonds is 2. The molecule has 78 valence electrons. The van der Waals surface area contributed by atoms with Gasteiger partial charge in [0.2, 0.25) is 0 Å². The summed E-state index contributed by atoms with van der Waals surface area (Å²) in [5.74, 6) is 0.896. The van der Waals surface area contributed by atoms with Crippen molar-refractivity contribution in [2.75, 3.05) is 7.11 Å². The molecule has 0 aromatic heterocycles. The van der Waals surface area contributed by atoms with Crippen molar-refractivity contribution in [3.63, 3.8) is 0 Å². The second kappa shape index (κ2) is 3.91. The third-order valence-electron chi connectivity index (χ3n) is 2.59. The van der Waals surface area contributed by atoms with Crippen LogP contribution in [0.2, 0.25) is 0 Å². The Kier molecular flexibility index (Phi) is 2.60. The van der Waals surface area contributed by atoms with E-state index in [1.165, 1.54) is 10.9 Å². The lowest BCUT2D eigenvalue weighted by molar-refractivity contribution is 0.419. The van der Waals surface area contributed by atoms with E-state index in [1.54, 1.807) is 7.11 Å². The molecule has 2 nitrogen and oxygen atoms in total. The van der Waals surface area contributed by atoms with Gasteiger partial charge >= 0.3 is 0 Å². The Labute approximate surface area is 89.7 Å². The summed E-state index contributed by atoms with van der Waals surface area (Å²) >= 11 is 0. The fourth-order valence-electron chi connectivity index (χ4n) is 1.80. The molecule has 0 saturated heterocycles. The average molecular weight is 201 g/mol. The molecule has 2 rings (SSSR count). The van der Waals surface area contributed by atoms with Crippen LogP contribution in [0.15, 0.2) is 30.3 Å². The number of methoxy groups -OCH3 is 1. The molecule has 0 radical (unpaired) electrons. The fourth-order valence-corrected chi connectivity index (χ4v) is 1.80. The van der Waals surface area contributed by atoms with Gasteiger partial charge in [0.25, 0.3) is 0 Å². The maximum Gasteiger partial charge on any atom is 0.127 e. The third kappa shape index (κ3) is 1.81. The molecule has 0 atom stereocenters. The van der Waals surface area contributed by atoms with Gasteiger partial charge in [-0.25, -0.2) is 0 Å². The van der Waals surface area contributed by atoms with Crippen LogP contribution in [-0.4, -0.2) is 7.11 Å². The predicted octanol–water partition coefficient (Wildman–Crippen LogP) is 2.62. The first-order valence-electron chi connectivity index (χ1n) is 5.02. The van der Waals surface area contributed by atoms with Crippen LogP contribution in [0.4, 0.5) is 0 Å². The van der Waals surface area contributed by atoms with E-state index in [1.807, 2.05) is 6.07 Å². The molecule has 0 aliphatic heterocycles. The van der Waals surface area contributed by atoms with Crippen LogP contribution in [0.1, 0.15) is 11.1 Å². The van der Waals surface area contributed by atoms with Crippen molar-refractivity contribution < 1.29 is 4.74 Å². The summed E-state index contributed by atoms with van der Waals surface area (Å²) in [6.07, 6.45) is 0. The Morgan fingerprint density at radius 1 is 1.20 bits per heavy atom. The number of hydrogen-bond donors (Lipinski definition) is 1. The van der Waals surface area contributed by atoms with Crippen LogP contribution in [-0.2, 0) is 6.54 Å². The maximum absolute atomic E-state index is 5.65. The van der Waals surface area contributed by atoms with Crippen LogP contribution in [0.5, 0.6) is 5.75 Å². The summed E-state index contributed by atoms with van der Waals surface area (Å²) < 4.78 is 5.35. The predicted molar refractivity (Wildman–Crippen MR) is 63.1 cm³/mol. The Morgan fingerprint density at radius 2 is 2.00 bits per heavy atom. The summed E-state index contributed by atoms with van der Waals surface area (Å²) in [6.45, 7) is 2.63. The summed E-state index contributed by atoms with van der Waals surface area (Å²) in [7, 11) is 1.69. The van der Waals surface area contributed by atoms with Crippen molar-refractivity contribution >= 4 is 10.8 Å². The first-order valence-corrected chi connectivity index (χ1v) is 5.02. The van der Waals surface area contributed by atoms with Gasteiger partial charge in [0.15, 0.2) is 0 Å². The Morgan fingerprint density at radius 3 is 2.67 bits per heavy atom. The van der Waals surface area contributed by atoms with Crippen LogP contribution in [0, 0.1) is 6.92 Å². The van der Waals surface area contributed by atoms with Gasteiger partial charge in [0, 0.05) is 11.9 Å². The van der Waals surface area contributed by atoms with Gasteiger partial charge in [-0.15, -0.1) is 0 Å².